The normalized spacial score (nSPS) is 11.7. The molecule has 0 aliphatic carbocycles. The zero-order valence-corrected chi connectivity index (χ0v) is 8.69. The number of rotatable bonds is 1. The number of nitrogens with two attached hydrogens (primary N) is 1. The van der Waals surface area contributed by atoms with Gasteiger partial charge < -0.3 is 10.8 Å². The minimum Gasteiger partial charge on any atom is -0.476 e. The molecule has 1 aromatic carbocycles. The fourth-order valence-corrected chi connectivity index (χ4v) is 1.49. The van der Waals surface area contributed by atoms with E-state index in [0.717, 1.165) is 12.1 Å². The first-order chi connectivity index (χ1) is 8.29. The van der Waals surface area contributed by atoms with Crippen molar-refractivity contribution in [3.63, 3.8) is 0 Å². The number of hydrogen-bond donors (Lipinski definition) is 2. The molecule has 2 aromatic rings. The molecule has 0 aliphatic rings. The number of hydrogen-bond acceptors (Lipinski definition) is 4. The minimum absolute atomic E-state index is 0.0490. The van der Waals surface area contributed by atoms with E-state index in [0.29, 0.717) is 6.07 Å². The second-order valence-corrected chi connectivity index (χ2v) is 3.47. The first-order valence-corrected chi connectivity index (χ1v) is 4.67. The van der Waals surface area contributed by atoms with Crippen molar-refractivity contribution in [1.29, 1.82) is 0 Å². The number of nitrogens with zero attached hydrogens (tertiary/aromatic N) is 2. The second-order valence-electron chi connectivity index (χ2n) is 3.47. The molecule has 0 radical (unpaired) electrons. The van der Waals surface area contributed by atoms with Crippen LogP contribution >= 0.6 is 0 Å². The zero-order valence-electron chi connectivity index (χ0n) is 8.69. The number of anilines is 1. The van der Waals surface area contributed by atoms with Gasteiger partial charge in [0, 0.05) is 5.39 Å². The Bertz CT molecular complexity index is 640. The number of aromatic nitrogens is 2. The number of benzene rings is 1. The predicted octanol–water partition coefficient (Wildman–Crippen LogP) is 1.93. The van der Waals surface area contributed by atoms with Crippen LogP contribution in [0.4, 0.5) is 19.1 Å². The molecule has 0 spiro atoms. The van der Waals surface area contributed by atoms with Crippen LogP contribution < -0.4 is 5.73 Å². The molecule has 3 N–H and O–H groups in total. The van der Waals surface area contributed by atoms with E-state index >= 15 is 0 Å². The van der Waals surface area contributed by atoms with E-state index in [1.165, 1.54) is 0 Å². The van der Waals surface area contributed by atoms with Crippen LogP contribution in [0.25, 0.3) is 10.9 Å². The fraction of sp³-hybridized carbons (Fsp3) is 0.100. The number of aromatic carboxylic acids is 1. The maximum atomic E-state index is 12.5. The maximum absolute atomic E-state index is 12.5. The summed E-state index contributed by atoms with van der Waals surface area (Å²) in [5.41, 5.74) is 3.81. The van der Waals surface area contributed by atoms with E-state index in [9.17, 15) is 18.0 Å². The van der Waals surface area contributed by atoms with Crippen molar-refractivity contribution >= 4 is 22.8 Å². The van der Waals surface area contributed by atoms with Gasteiger partial charge in [-0.15, -0.1) is 0 Å². The summed E-state index contributed by atoms with van der Waals surface area (Å²) in [5.74, 6) is -1.77. The molecule has 0 saturated carbocycles. The Morgan fingerprint density at radius 2 is 1.94 bits per heavy atom. The van der Waals surface area contributed by atoms with Crippen molar-refractivity contribution in [1.82, 2.24) is 9.97 Å². The lowest BCUT2D eigenvalue weighted by atomic mass is 10.1. The Labute approximate surface area is 98.1 Å². The third-order valence-electron chi connectivity index (χ3n) is 2.24. The summed E-state index contributed by atoms with van der Waals surface area (Å²) >= 11 is 0. The number of alkyl halides is 3. The molecular weight excluding hydrogens is 251 g/mol. The molecule has 0 amide bonds. The number of halogens is 3. The quantitative estimate of drug-likeness (QED) is 0.814. The van der Waals surface area contributed by atoms with Gasteiger partial charge >= 0.3 is 12.1 Å². The van der Waals surface area contributed by atoms with Crippen LogP contribution in [-0.4, -0.2) is 21.0 Å². The van der Waals surface area contributed by atoms with Crippen molar-refractivity contribution in [2.24, 2.45) is 0 Å². The average Bonchev–Trinajstić information content (AvgIpc) is 2.25. The highest BCUT2D eigenvalue weighted by Crippen LogP contribution is 2.31. The zero-order chi connectivity index (χ0) is 13.5. The fourth-order valence-electron chi connectivity index (χ4n) is 1.49. The van der Waals surface area contributed by atoms with E-state index < -0.39 is 23.4 Å². The molecule has 0 fully saturated rings. The lowest BCUT2D eigenvalue weighted by Gasteiger charge is -2.08. The third kappa shape index (κ3) is 2.04. The Kier molecular flexibility index (Phi) is 2.57. The van der Waals surface area contributed by atoms with Gasteiger partial charge in [-0.3, -0.25) is 0 Å². The lowest BCUT2D eigenvalue weighted by Crippen LogP contribution is -2.09. The molecule has 0 atom stereocenters. The summed E-state index contributed by atoms with van der Waals surface area (Å²) in [6.07, 6.45) is -4.56. The lowest BCUT2D eigenvalue weighted by molar-refractivity contribution is -0.137. The molecule has 2 rings (SSSR count). The Morgan fingerprint density at radius 1 is 1.28 bits per heavy atom. The second kappa shape index (κ2) is 3.83. The molecule has 94 valence electrons. The SMILES string of the molecule is Nc1nc(C(=O)O)c2cc(C(F)(F)F)ccc2n1. The van der Waals surface area contributed by atoms with Crippen LogP contribution in [0, 0.1) is 0 Å². The molecule has 0 aliphatic heterocycles. The van der Waals surface area contributed by atoms with Crippen molar-refractivity contribution in [2.45, 2.75) is 6.18 Å². The smallest absolute Gasteiger partial charge is 0.416 e. The highest BCUT2D eigenvalue weighted by Gasteiger charge is 2.31. The molecule has 0 bridgehead atoms. The van der Waals surface area contributed by atoms with Gasteiger partial charge in [-0.05, 0) is 18.2 Å². The molecule has 18 heavy (non-hydrogen) atoms. The van der Waals surface area contributed by atoms with Gasteiger partial charge in [-0.2, -0.15) is 13.2 Å². The minimum atomic E-state index is -4.56. The van der Waals surface area contributed by atoms with Crippen LogP contribution in [0.1, 0.15) is 16.1 Å². The Balaban J connectivity index is 2.79. The topological polar surface area (TPSA) is 89.1 Å². The molecule has 1 aromatic heterocycles. The monoisotopic (exact) mass is 257 g/mol. The molecular formula is C10H6F3N3O2. The number of carbonyl (C=O) groups is 1. The molecule has 5 nitrogen and oxygen atoms in total. The first-order valence-electron chi connectivity index (χ1n) is 4.67. The average molecular weight is 257 g/mol. The highest BCUT2D eigenvalue weighted by molar-refractivity contribution is 6.01. The van der Waals surface area contributed by atoms with Crippen molar-refractivity contribution in [3.8, 4) is 0 Å². The summed E-state index contributed by atoms with van der Waals surface area (Å²) in [6.45, 7) is 0. The van der Waals surface area contributed by atoms with Crippen molar-refractivity contribution < 1.29 is 23.1 Å². The van der Waals surface area contributed by atoms with E-state index in [4.69, 9.17) is 10.8 Å². The first kappa shape index (κ1) is 12.1. The van der Waals surface area contributed by atoms with Gasteiger partial charge in [0.05, 0.1) is 11.1 Å². The summed E-state index contributed by atoms with van der Waals surface area (Å²) in [7, 11) is 0. The van der Waals surface area contributed by atoms with Gasteiger partial charge in [-0.25, -0.2) is 14.8 Å². The van der Waals surface area contributed by atoms with E-state index in [1.807, 2.05) is 0 Å². The number of nitrogen functional groups attached to an aromatic ring is 1. The summed E-state index contributed by atoms with van der Waals surface area (Å²) in [5, 5.41) is 8.67. The summed E-state index contributed by atoms with van der Waals surface area (Å²) in [4.78, 5) is 18.0. The number of carboxylic acids is 1. The van der Waals surface area contributed by atoms with Crippen LogP contribution in [0.2, 0.25) is 0 Å². The summed E-state index contributed by atoms with van der Waals surface area (Å²) < 4.78 is 37.5. The molecule has 0 unspecified atom stereocenters. The molecule has 0 saturated heterocycles. The predicted molar refractivity (Wildman–Crippen MR) is 55.9 cm³/mol. The van der Waals surface area contributed by atoms with Crippen LogP contribution in [0.3, 0.4) is 0 Å². The van der Waals surface area contributed by atoms with E-state index in [1.54, 1.807) is 0 Å². The highest BCUT2D eigenvalue weighted by atomic mass is 19.4. The number of fused-ring (bicyclic) bond motifs is 1. The van der Waals surface area contributed by atoms with Gasteiger partial charge in [0.1, 0.15) is 0 Å². The third-order valence-corrected chi connectivity index (χ3v) is 2.24. The van der Waals surface area contributed by atoms with Gasteiger partial charge in [0.2, 0.25) is 5.95 Å². The Morgan fingerprint density at radius 3 is 2.50 bits per heavy atom. The number of carboxylic acid groups (broad SMARTS) is 1. The van der Waals surface area contributed by atoms with Gasteiger partial charge in [-0.1, -0.05) is 0 Å². The summed E-state index contributed by atoms with van der Waals surface area (Å²) in [6, 6.07) is 2.56. The van der Waals surface area contributed by atoms with Crippen LogP contribution in [-0.2, 0) is 6.18 Å². The molecule has 1 heterocycles. The standard InChI is InChI=1S/C10H6F3N3O2/c11-10(12,13)4-1-2-6-5(3-4)7(8(17)18)16-9(14)15-6/h1-3H,(H,17,18)(H2,14,15,16). The van der Waals surface area contributed by atoms with Crippen molar-refractivity contribution in [3.05, 3.63) is 29.5 Å². The van der Waals surface area contributed by atoms with Crippen molar-refractivity contribution in [2.75, 3.05) is 5.73 Å². The van der Waals surface area contributed by atoms with Crippen LogP contribution in [0.5, 0.6) is 0 Å². The van der Waals surface area contributed by atoms with Crippen LogP contribution in [0.15, 0.2) is 18.2 Å². The Hall–Kier alpha value is -2.38. The van der Waals surface area contributed by atoms with E-state index in [-0.39, 0.29) is 16.9 Å². The van der Waals surface area contributed by atoms with Gasteiger partial charge in [0.25, 0.3) is 0 Å². The molecule has 8 heteroatoms. The van der Waals surface area contributed by atoms with Gasteiger partial charge in [0.15, 0.2) is 5.69 Å². The maximum Gasteiger partial charge on any atom is 0.416 e. The van der Waals surface area contributed by atoms with E-state index in [2.05, 4.69) is 9.97 Å². The largest absolute Gasteiger partial charge is 0.476 e.